The Morgan fingerprint density at radius 1 is 1.67 bits per heavy atom. The SMILES string of the molecule is Nc1cnn(COCC2CC2)c1. The molecule has 1 aliphatic rings. The average molecular weight is 167 g/mol. The van der Waals surface area contributed by atoms with E-state index in [9.17, 15) is 0 Å². The van der Waals surface area contributed by atoms with E-state index in [2.05, 4.69) is 5.10 Å². The molecule has 0 radical (unpaired) electrons. The summed E-state index contributed by atoms with van der Waals surface area (Å²) in [4.78, 5) is 0. The fourth-order valence-electron chi connectivity index (χ4n) is 1.05. The Hall–Kier alpha value is -1.03. The molecule has 2 N–H and O–H groups in total. The molecule has 4 nitrogen and oxygen atoms in total. The third-order valence-corrected chi connectivity index (χ3v) is 1.93. The Labute approximate surface area is 71.3 Å². The van der Waals surface area contributed by atoms with Gasteiger partial charge >= 0.3 is 0 Å². The van der Waals surface area contributed by atoms with Crippen LogP contribution in [-0.4, -0.2) is 16.4 Å². The third kappa shape index (κ3) is 1.98. The molecule has 1 aromatic rings. The molecule has 0 bridgehead atoms. The van der Waals surface area contributed by atoms with Crippen LogP contribution in [0.3, 0.4) is 0 Å². The molecule has 1 aliphatic carbocycles. The minimum absolute atomic E-state index is 0.522. The summed E-state index contributed by atoms with van der Waals surface area (Å²) >= 11 is 0. The summed E-state index contributed by atoms with van der Waals surface area (Å²) in [7, 11) is 0. The maximum absolute atomic E-state index is 5.48. The first-order chi connectivity index (χ1) is 5.84. The summed E-state index contributed by atoms with van der Waals surface area (Å²) in [5.41, 5.74) is 6.17. The standard InChI is InChI=1S/C8H13N3O/c9-8-3-10-11(4-8)6-12-5-7-1-2-7/h3-4,7H,1-2,5-6,9H2. The number of anilines is 1. The first-order valence-electron chi connectivity index (χ1n) is 4.20. The van der Waals surface area contributed by atoms with Gasteiger partial charge in [0.1, 0.15) is 6.73 Å². The van der Waals surface area contributed by atoms with Crippen molar-refractivity contribution in [1.29, 1.82) is 0 Å². The van der Waals surface area contributed by atoms with Crippen molar-refractivity contribution >= 4 is 5.69 Å². The number of hydrogen-bond acceptors (Lipinski definition) is 3. The molecular weight excluding hydrogens is 154 g/mol. The topological polar surface area (TPSA) is 53.1 Å². The summed E-state index contributed by atoms with van der Waals surface area (Å²) < 4.78 is 7.11. The van der Waals surface area contributed by atoms with E-state index in [1.54, 1.807) is 17.1 Å². The van der Waals surface area contributed by atoms with Crippen LogP contribution in [-0.2, 0) is 11.5 Å². The fourth-order valence-corrected chi connectivity index (χ4v) is 1.05. The summed E-state index contributed by atoms with van der Waals surface area (Å²) in [6, 6.07) is 0. The van der Waals surface area contributed by atoms with Gasteiger partial charge in [0, 0.05) is 0 Å². The zero-order valence-electron chi connectivity index (χ0n) is 6.94. The Morgan fingerprint density at radius 2 is 2.50 bits per heavy atom. The lowest BCUT2D eigenvalue weighted by molar-refractivity contribution is 0.0612. The zero-order valence-corrected chi connectivity index (χ0v) is 6.94. The maximum Gasteiger partial charge on any atom is 0.139 e. The quantitative estimate of drug-likeness (QED) is 0.723. The van der Waals surface area contributed by atoms with E-state index >= 15 is 0 Å². The van der Waals surface area contributed by atoms with Gasteiger partial charge in [0.25, 0.3) is 0 Å². The first kappa shape index (κ1) is 7.61. The van der Waals surface area contributed by atoms with Gasteiger partial charge in [-0.3, -0.25) is 0 Å². The lowest BCUT2D eigenvalue weighted by atomic mass is 10.5. The summed E-state index contributed by atoms with van der Waals surface area (Å²) in [6.45, 7) is 1.38. The van der Waals surface area contributed by atoms with E-state index < -0.39 is 0 Å². The highest BCUT2D eigenvalue weighted by molar-refractivity contribution is 5.30. The van der Waals surface area contributed by atoms with Crippen LogP contribution in [0.2, 0.25) is 0 Å². The molecule has 1 fully saturated rings. The molecule has 12 heavy (non-hydrogen) atoms. The van der Waals surface area contributed by atoms with Gasteiger partial charge in [0.05, 0.1) is 24.7 Å². The van der Waals surface area contributed by atoms with E-state index in [-0.39, 0.29) is 0 Å². The van der Waals surface area contributed by atoms with Gasteiger partial charge in [0.15, 0.2) is 0 Å². The Morgan fingerprint density at radius 3 is 3.08 bits per heavy atom. The molecule has 0 saturated heterocycles. The lowest BCUT2D eigenvalue weighted by Gasteiger charge is -2.01. The van der Waals surface area contributed by atoms with E-state index in [1.165, 1.54) is 12.8 Å². The normalized spacial score (nSPS) is 16.7. The van der Waals surface area contributed by atoms with Crippen molar-refractivity contribution in [3.8, 4) is 0 Å². The van der Waals surface area contributed by atoms with Gasteiger partial charge in [0.2, 0.25) is 0 Å². The Kier molecular flexibility index (Phi) is 1.99. The van der Waals surface area contributed by atoms with E-state index in [0.717, 1.165) is 12.5 Å². The third-order valence-electron chi connectivity index (χ3n) is 1.93. The highest BCUT2D eigenvalue weighted by Gasteiger charge is 2.20. The minimum Gasteiger partial charge on any atom is -0.396 e. The van der Waals surface area contributed by atoms with Crippen molar-refractivity contribution < 1.29 is 4.74 Å². The number of aromatic nitrogens is 2. The van der Waals surface area contributed by atoms with Crippen LogP contribution in [0.5, 0.6) is 0 Å². The summed E-state index contributed by atoms with van der Waals surface area (Å²) in [5, 5.41) is 4.00. The van der Waals surface area contributed by atoms with Gasteiger partial charge in [-0.25, -0.2) is 4.68 Å². The predicted molar refractivity (Wildman–Crippen MR) is 45.3 cm³/mol. The molecule has 2 rings (SSSR count). The fraction of sp³-hybridized carbons (Fsp3) is 0.625. The van der Waals surface area contributed by atoms with Gasteiger partial charge in [-0.1, -0.05) is 0 Å². The number of nitrogens with zero attached hydrogens (tertiary/aromatic N) is 2. The second kappa shape index (κ2) is 3.15. The molecule has 1 aromatic heterocycles. The number of ether oxygens (including phenoxy) is 1. The highest BCUT2D eigenvalue weighted by Crippen LogP contribution is 2.28. The van der Waals surface area contributed by atoms with Crippen molar-refractivity contribution in [1.82, 2.24) is 9.78 Å². The van der Waals surface area contributed by atoms with Gasteiger partial charge in [-0.05, 0) is 18.8 Å². The Bertz CT molecular complexity index is 255. The Balaban J connectivity index is 1.71. The largest absolute Gasteiger partial charge is 0.396 e. The summed E-state index contributed by atoms with van der Waals surface area (Å²) in [5.74, 6) is 0.804. The highest BCUT2D eigenvalue weighted by atomic mass is 16.5. The molecular formula is C8H13N3O. The van der Waals surface area contributed by atoms with Gasteiger partial charge in [-0.15, -0.1) is 0 Å². The molecule has 0 unspecified atom stereocenters. The van der Waals surface area contributed by atoms with Crippen LogP contribution in [0.15, 0.2) is 12.4 Å². The maximum atomic E-state index is 5.48. The number of nitrogen functional groups attached to an aromatic ring is 1. The molecule has 1 heterocycles. The lowest BCUT2D eigenvalue weighted by Crippen LogP contribution is -2.04. The van der Waals surface area contributed by atoms with E-state index in [0.29, 0.717) is 12.4 Å². The smallest absolute Gasteiger partial charge is 0.139 e. The van der Waals surface area contributed by atoms with Crippen LogP contribution in [0.1, 0.15) is 12.8 Å². The molecule has 66 valence electrons. The minimum atomic E-state index is 0.522. The summed E-state index contributed by atoms with van der Waals surface area (Å²) in [6.07, 6.45) is 6.04. The van der Waals surface area contributed by atoms with Crippen LogP contribution < -0.4 is 5.73 Å². The number of rotatable bonds is 4. The van der Waals surface area contributed by atoms with Gasteiger partial charge < -0.3 is 10.5 Å². The monoisotopic (exact) mass is 167 g/mol. The second-order valence-corrected chi connectivity index (χ2v) is 3.26. The van der Waals surface area contributed by atoms with Crippen molar-refractivity contribution in [2.45, 2.75) is 19.6 Å². The molecule has 0 spiro atoms. The van der Waals surface area contributed by atoms with Crippen LogP contribution >= 0.6 is 0 Å². The molecule has 0 aliphatic heterocycles. The molecule has 1 saturated carbocycles. The van der Waals surface area contributed by atoms with E-state index in [4.69, 9.17) is 10.5 Å². The predicted octanol–water partition coefficient (Wildman–Crippen LogP) is 0.849. The zero-order chi connectivity index (χ0) is 8.39. The number of hydrogen-bond donors (Lipinski definition) is 1. The molecule has 0 amide bonds. The molecule has 0 atom stereocenters. The van der Waals surface area contributed by atoms with Crippen molar-refractivity contribution in [2.75, 3.05) is 12.3 Å². The first-order valence-corrected chi connectivity index (χ1v) is 4.20. The van der Waals surface area contributed by atoms with Crippen LogP contribution in [0.25, 0.3) is 0 Å². The average Bonchev–Trinajstić information content (AvgIpc) is 2.76. The number of nitrogens with two attached hydrogens (primary N) is 1. The molecule has 0 aromatic carbocycles. The van der Waals surface area contributed by atoms with E-state index in [1.807, 2.05) is 0 Å². The van der Waals surface area contributed by atoms with Crippen molar-refractivity contribution in [3.05, 3.63) is 12.4 Å². The van der Waals surface area contributed by atoms with Gasteiger partial charge in [-0.2, -0.15) is 5.10 Å². The molecule has 4 heteroatoms. The van der Waals surface area contributed by atoms with Crippen molar-refractivity contribution in [2.24, 2.45) is 5.92 Å². The van der Waals surface area contributed by atoms with Crippen LogP contribution in [0, 0.1) is 5.92 Å². The second-order valence-electron chi connectivity index (χ2n) is 3.26. The van der Waals surface area contributed by atoms with Crippen molar-refractivity contribution in [3.63, 3.8) is 0 Å². The van der Waals surface area contributed by atoms with Crippen LogP contribution in [0.4, 0.5) is 5.69 Å².